The van der Waals surface area contributed by atoms with Crippen molar-refractivity contribution in [3.05, 3.63) is 46.8 Å². The molecule has 0 saturated heterocycles. The summed E-state index contributed by atoms with van der Waals surface area (Å²) in [6, 6.07) is 5.45. The van der Waals surface area contributed by atoms with Gasteiger partial charge in [0.15, 0.2) is 12.3 Å². The molecule has 0 saturated carbocycles. The molecule has 26 heavy (non-hydrogen) atoms. The number of carbonyl (C=O) groups is 2. The van der Waals surface area contributed by atoms with Gasteiger partial charge in [0.2, 0.25) is 0 Å². The van der Waals surface area contributed by atoms with E-state index < -0.39 is 35.9 Å². The molecular weight excluding hydrogens is 353 g/mol. The molecule has 7 nitrogen and oxygen atoms in total. The van der Waals surface area contributed by atoms with Crippen molar-refractivity contribution in [1.82, 2.24) is 20.6 Å². The molecule has 140 valence electrons. The van der Waals surface area contributed by atoms with E-state index in [9.17, 15) is 22.8 Å². The van der Waals surface area contributed by atoms with E-state index >= 15 is 0 Å². The normalized spacial score (nSPS) is 11.2. The summed E-state index contributed by atoms with van der Waals surface area (Å²) in [5.41, 5.74) is 3.64. The van der Waals surface area contributed by atoms with Gasteiger partial charge < -0.3 is 4.74 Å². The van der Waals surface area contributed by atoms with Crippen LogP contribution in [0.4, 0.5) is 13.2 Å². The van der Waals surface area contributed by atoms with Crippen molar-refractivity contribution in [2.75, 3.05) is 6.61 Å². The third-order valence-electron chi connectivity index (χ3n) is 3.36. The Hall–Kier alpha value is -3.04. The lowest BCUT2D eigenvalue weighted by atomic mass is 10.1. The number of benzene rings is 1. The summed E-state index contributed by atoms with van der Waals surface area (Å²) < 4.78 is 44.7. The van der Waals surface area contributed by atoms with Gasteiger partial charge in [-0.25, -0.2) is 0 Å². The zero-order valence-corrected chi connectivity index (χ0v) is 14.3. The molecule has 2 N–H and O–H groups in total. The molecule has 0 spiro atoms. The van der Waals surface area contributed by atoms with Crippen LogP contribution in [0.3, 0.4) is 0 Å². The van der Waals surface area contributed by atoms with Crippen molar-refractivity contribution in [1.29, 1.82) is 0 Å². The lowest BCUT2D eigenvalue weighted by Crippen LogP contribution is -2.44. The largest absolute Gasteiger partial charge is 0.483 e. The number of ether oxygens (including phenoxy) is 1. The lowest BCUT2D eigenvalue weighted by Gasteiger charge is -2.11. The predicted octanol–water partition coefficient (Wildman–Crippen LogP) is 1.90. The van der Waals surface area contributed by atoms with Gasteiger partial charge in [0.1, 0.15) is 5.75 Å². The Morgan fingerprint density at radius 1 is 1.23 bits per heavy atom. The summed E-state index contributed by atoms with van der Waals surface area (Å²) in [4.78, 5) is 23.6. The molecule has 0 aliphatic rings. The zero-order chi connectivity index (χ0) is 19.5. The molecule has 0 aliphatic carbocycles. The second kappa shape index (κ2) is 7.46. The number of halogens is 3. The first-order valence-electron chi connectivity index (χ1n) is 7.48. The number of aryl methyl sites for hydroxylation is 3. The Labute approximate surface area is 147 Å². The Bertz CT molecular complexity index is 831. The number of carbonyl (C=O) groups excluding carboxylic acids is 2. The topological polar surface area (TPSA) is 85.3 Å². The van der Waals surface area contributed by atoms with E-state index in [0.717, 1.165) is 22.0 Å². The van der Waals surface area contributed by atoms with Gasteiger partial charge in [0.25, 0.3) is 11.8 Å². The summed E-state index contributed by atoms with van der Waals surface area (Å²) in [5.74, 6) is -1.36. The van der Waals surface area contributed by atoms with E-state index in [4.69, 9.17) is 4.74 Å². The van der Waals surface area contributed by atoms with Gasteiger partial charge in [0.05, 0.1) is 5.56 Å². The standard InChI is InChI=1S/C16H17F3N4O3/c1-9-4-5-10(2)12(6-9)26-8-13(24)20-21-15(25)11-7-23(3)22-14(11)16(17,18)19/h4-7H,8H2,1-3H3,(H,20,24)(H,21,25). The number of alkyl halides is 3. The van der Waals surface area contributed by atoms with E-state index in [1.807, 2.05) is 29.9 Å². The molecule has 1 heterocycles. The van der Waals surface area contributed by atoms with Gasteiger partial charge in [-0.3, -0.25) is 25.1 Å². The van der Waals surface area contributed by atoms with Crippen molar-refractivity contribution in [2.45, 2.75) is 20.0 Å². The highest BCUT2D eigenvalue weighted by Crippen LogP contribution is 2.30. The zero-order valence-electron chi connectivity index (χ0n) is 14.3. The van der Waals surface area contributed by atoms with E-state index in [1.165, 1.54) is 7.05 Å². The first kappa shape index (κ1) is 19.3. The van der Waals surface area contributed by atoms with Crippen molar-refractivity contribution in [2.24, 2.45) is 7.05 Å². The van der Waals surface area contributed by atoms with E-state index in [-0.39, 0.29) is 0 Å². The quantitative estimate of drug-likeness (QED) is 0.805. The minimum absolute atomic E-state index is 0.413. The number of nitrogens with one attached hydrogen (secondary N) is 2. The lowest BCUT2D eigenvalue weighted by molar-refractivity contribution is -0.141. The molecular formula is C16H17F3N4O3. The molecule has 2 amide bonds. The van der Waals surface area contributed by atoms with E-state index in [0.29, 0.717) is 5.75 Å². The highest BCUT2D eigenvalue weighted by Gasteiger charge is 2.39. The molecule has 1 aromatic heterocycles. The minimum atomic E-state index is -4.79. The van der Waals surface area contributed by atoms with Crippen molar-refractivity contribution < 1.29 is 27.5 Å². The Kier molecular flexibility index (Phi) is 5.53. The van der Waals surface area contributed by atoms with Gasteiger partial charge in [-0.15, -0.1) is 0 Å². The molecule has 2 aromatic rings. The fourth-order valence-corrected chi connectivity index (χ4v) is 2.10. The number of aromatic nitrogens is 2. The molecule has 10 heteroatoms. The van der Waals surface area contributed by atoms with Gasteiger partial charge in [0, 0.05) is 13.2 Å². The van der Waals surface area contributed by atoms with Crippen LogP contribution in [-0.4, -0.2) is 28.2 Å². The van der Waals surface area contributed by atoms with Gasteiger partial charge in [-0.1, -0.05) is 12.1 Å². The van der Waals surface area contributed by atoms with Crippen LogP contribution in [-0.2, 0) is 18.0 Å². The predicted molar refractivity (Wildman–Crippen MR) is 85.2 cm³/mol. The van der Waals surface area contributed by atoms with Crippen LogP contribution in [0.2, 0.25) is 0 Å². The molecule has 0 unspecified atom stereocenters. The number of amides is 2. The van der Waals surface area contributed by atoms with Crippen molar-refractivity contribution >= 4 is 11.8 Å². The maximum Gasteiger partial charge on any atom is 0.435 e. The Morgan fingerprint density at radius 3 is 2.58 bits per heavy atom. The molecule has 0 fully saturated rings. The molecule has 0 atom stereocenters. The molecule has 2 rings (SSSR count). The van der Waals surface area contributed by atoms with Gasteiger partial charge in [-0.2, -0.15) is 18.3 Å². The summed E-state index contributed by atoms with van der Waals surface area (Å²) in [6.07, 6.45) is -3.87. The smallest absolute Gasteiger partial charge is 0.435 e. The molecule has 0 radical (unpaired) electrons. The average Bonchev–Trinajstić information content (AvgIpc) is 2.95. The van der Waals surface area contributed by atoms with Crippen molar-refractivity contribution in [3.8, 4) is 5.75 Å². The van der Waals surface area contributed by atoms with Crippen LogP contribution in [0.25, 0.3) is 0 Å². The maximum absolute atomic E-state index is 12.8. The fourth-order valence-electron chi connectivity index (χ4n) is 2.10. The van der Waals surface area contributed by atoms with E-state index in [2.05, 4.69) is 5.10 Å². The summed E-state index contributed by atoms with van der Waals surface area (Å²) >= 11 is 0. The minimum Gasteiger partial charge on any atom is -0.483 e. The fraction of sp³-hybridized carbons (Fsp3) is 0.312. The number of rotatable bonds is 4. The van der Waals surface area contributed by atoms with Gasteiger partial charge >= 0.3 is 6.18 Å². The SMILES string of the molecule is Cc1ccc(C)c(OCC(=O)NNC(=O)c2cn(C)nc2C(F)(F)F)c1. The molecule has 0 bridgehead atoms. The Balaban J connectivity index is 1.93. The number of hydrazine groups is 1. The highest BCUT2D eigenvalue weighted by atomic mass is 19.4. The number of nitrogens with zero attached hydrogens (tertiary/aromatic N) is 2. The maximum atomic E-state index is 12.8. The van der Waals surface area contributed by atoms with Crippen molar-refractivity contribution in [3.63, 3.8) is 0 Å². The van der Waals surface area contributed by atoms with Crippen LogP contribution in [0.5, 0.6) is 5.75 Å². The highest BCUT2D eigenvalue weighted by molar-refractivity contribution is 5.96. The number of hydrogen-bond acceptors (Lipinski definition) is 4. The molecule has 0 aliphatic heterocycles. The third-order valence-corrected chi connectivity index (χ3v) is 3.36. The monoisotopic (exact) mass is 370 g/mol. The average molecular weight is 370 g/mol. The second-order valence-corrected chi connectivity index (χ2v) is 5.62. The first-order valence-corrected chi connectivity index (χ1v) is 7.48. The van der Waals surface area contributed by atoms with Crippen LogP contribution in [0.15, 0.2) is 24.4 Å². The second-order valence-electron chi connectivity index (χ2n) is 5.62. The summed E-state index contributed by atoms with van der Waals surface area (Å²) in [6.45, 7) is 3.25. The van der Waals surface area contributed by atoms with Crippen LogP contribution in [0, 0.1) is 13.8 Å². The summed E-state index contributed by atoms with van der Waals surface area (Å²) in [7, 11) is 1.25. The van der Waals surface area contributed by atoms with Crippen LogP contribution < -0.4 is 15.6 Å². The van der Waals surface area contributed by atoms with E-state index in [1.54, 1.807) is 13.0 Å². The number of hydrogen-bond donors (Lipinski definition) is 2. The van der Waals surface area contributed by atoms with Crippen LogP contribution in [0.1, 0.15) is 27.2 Å². The van der Waals surface area contributed by atoms with Crippen LogP contribution >= 0.6 is 0 Å². The molecule has 1 aromatic carbocycles. The van der Waals surface area contributed by atoms with Gasteiger partial charge in [-0.05, 0) is 31.0 Å². The first-order chi connectivity index (χ1) is 12.1. The summed E-state index contributed by atoms with van der Waals surface area (Å²) in [5, 5.41) is 3.22. The Morgan fingerprint density at radius 2 is 1.92 bits per heavy atom. The third kappa shape index (κ3) is 4.74.